The van der Waals surface area contributed by atoms with Crippen molar-refractivity contribution in [1.29, 1.82) is 0 Å². The van der Waals surface area contributed by atoms with Crippen LogP contribution in [-0.4, -0.2) is 40.5 Å². The average Bonchev–Trinajstić information content (AvgIpc) is 2.77. The molecule has 0 aromatic carbocycles. The Labute approximate surface area is 138 Å². The smallest absolute Gasteiger partial charge is 0.118 e. The highest BCUT2D eigenvalue weighted by Gasteiger charge is 2.34. The minimum Gasteiger partial charge on any atom is -0.465 e. The fourth-order valence-electron chi connectivity index (χ4n) is 4.12. The number of piperidine rings is 1. The largest absolute Gasteiger partial charge is 0.465 e. The molecule has 0 amide bonds. The van der Waals surface area contributed by atoms with E-state index in [0.29, 0.717) is 6.04 Å². The summed E-state index contributed by atoms with van der Waals surface area (Å²) in [5.41, 5.74) is 1.32. The lowest BCUT2D eigenvalue weighted by Crippen LogP contribution is -2.43. The van der Waals surface area contributed by atoms with Crippen LogP contribution in [0, 0.1) is 12.8 Å². The van der Waals surface area contributed by atoms with Gasteiger partial charge in [-0.05, 0) is 49.4 Å². The second kappa shape index (κ2) is 6.46. The molecule has 3 fully saturated rings. The van der Waals surface area contributed by atoms with E-state index in [2.05, 4.69) is 33.0 Å². The summed E-state index contributed by atoms with van der Waals surface area (Å²) >= 11 is 0. The molecule has 0 saturated carbocycles. The summed E-state index contributed by atoms with van der Waals surface area (Å²) < 4.78 is 5.79. The van der Waals surface area contributed by atoms with Crippen LogP contribution in [-0.2, 0) is 13.1 Å². The van der Waals surface area contributed by atoms with Crippen molar-refractivity contribution in [3.8, 4) is 0 Å². The first-order valence-electron chi connectivity index (χ1n) is 8.67. The van der Waals surface area contributed by atoms with Gasteiger partial charge in [0.1, 0.15) is 11.5 Å². The first-order valence-corrected chi connectivity index (χ1v) is 8.67. The van der Waals surface area contributed by atoms with E-state index in [1.807, 2.05) is 25.4 Å². The quantitative estimate of drug-likeness (QED) is 0.868. The molecular weight excluding hydrogens is 286 g/mol. The minimum atomic E-state index is 0.649. The van der Waals surface area contributed by atoms with Gasteiger partial charge in [0.05, 0.1) is 6.54 Å². The number of hydrogen-bond donors (Lipinski definition) is 0. The van der Waals surface area contributed by atoms with Gasteiger partial charge in [0, 0.05) is 44.6 Å². The van der Waals surface area contributed by atoms with Gasteiger partial charge in [-0.2, -0.15) is 0 Å². The number of aromatic nitrogens is 1. The molecule has 5 heterocycles. The molecule has 2 bridgehead atoms. The highest BCUT2D eigenvalue weighted by molar-refractivity contribution is 5.09. The van der Waals surface area contributed by atoms with Gasteiger partial charge in [0.15, 0.2) is 0 Å². The summed E-state index contributed by atoms with van der Waals surface area (Å²) in [6, 6.07) is 9.06. The van der Waals surface area contributed by atoms with Crippen molar-refractivity contribution in [2.24, 2.45) is 5.92 Å². The molecule has 3 aliphatic heterocycles. The van der Waals surface area contributed by atoms with Gasteiger partial charge < -0.3 is 4.42 Å². The van der Waals surface area contributed by atoms with Crippen LogP contribution in [0.25, 0.3) is 0 Å². The monoisotopic (exact) mass is 311 g/mol. The minimum absolute atomic E-state index is 0.649. The van der Waals surface area contributed by atoms with E-state index in [9.17, 15) is 0 Å². The van der Waals surface area contributed by atoms with Gasteiger partial charge in [0.25, 0.3) is 0 Å². The van der Waals surface area contributed by atoms with Gasteiger partial charge in [-0.3, -0.25) is 14.8 Å². The van der Waals surface area contributed by atoms with Crippen molar-refractivity contribution in [3.63, 3.8) is 0 Å². The fraction of sp³-hybridized carbons (Fsp3) is 0.526. The zero-order valence-corrected chi connectivity index (χ0v) is 13.8. The second-order valence-electron chi connectivity index (χ2n) is 7.09. The molecule has 0 spiro atoms. The van der Waals surface area contributed by atoms with Crippen molar-refractivity contribution in [3.05, 3.63) is 53.7 Å². The van der Waals surface area contributed by atoms with Crippen LogP contribution in [0.5, 0.6) is 0 Å². The predicted molar refractivity (Wildman–Crippen MR) is 89.9 cm³/mol. The van der Waals surface area contributed by atoms with Crippen LogP contribution in [0.15, 0.2) is 41.1 Å². The summed E-state index contributed by atoms with van der Waals surface area (Å²) in [6.07, 6.45) is 6.52. The van der Waals surface area contributed by atoms with Crippen molar-refractivity contribution in [2.45, 2.75) is 38.9 Å². The molecule has 5 rings (SSSR count). The maximum Gasteiger partial charge on any atom is 0.118 e. The van der Waals surface area contributed by atoms with Crippen LogP contribution in [0.1, 0.15) is 29.9 Å². The predicted octanol–water partition coefficient (Wildman–Crippen LogP) is 3.08. The van der Waals surface area contributed by atoms with Gasteiger partial charge in [0.2, 0.25) is 0 Å². The zero-order valence-electron chi connectivity index (χ0n) is 13.8. The maximum atomic E-state index is 5.79. The van der Waals surface area contributed by atoms with E-state index < -0.39 is 0 Å². The molecule has 23 heavy (non-hydrogen) atoms. The molecule has 2 unspecified atom stereocenters. The third kappa shape index (κ3) is 3.48. The number of pyridine rings is 1. The summed E-state index contributed by atoms with van der Waals surface area (Å²) in [5, 5.41) is 0. The number of hydrogen-bond acceptors (Lipinski definition) is 4. The summed E-state index contributed by atoms with van der Waals surface area (Å²) in [6.45, 7) is 7.57. The Morgan fingerprint density at radius 3 is 2.87 bits per heavy atom. The highest BCUT2D eigenvalue weighted by Crippen LogP contribution is 2.30. The third-order valence-electron chi connectivity index (χ3n) is 5.19. The number of furan rings is 1. The maximum absolute atomic E-state index is 5.79. The van der Waals surface area contributed by atoms with Gasteiger partial charge in [-0.15, -0.1) is 0 Å². The van der Waals surface area contributed by atoms with E-state index in [1.54, 1.807) is 0 Å². The number of fused-ring (bicyclic) bond motifs is 4. The van der Waals surface area contributed by atoms with E-state index in [-0.39, 0.29) is 0 Å². The number of nitrogens with zero attached hydrogens (tertiary/aromatic N) is 3. The molecule has 0 radical (unpaired) electrons. The van der Waals surface area contributed by atoms with Gasteiger partial charge in [-0.1, -0.05) is 6.07 Å². The zero-order chi connectivity index (χ0) is 15.6. The first kappa shape index (κ1) is 14.9. The fourth-order valence-corrected chi connectivity index (χ4v) is 4.12. The number of aryl methyl sites for hydroxylation is 1. The summed E-state index contributed by atoms with van der Waals surface area (Å²) in [4.78, 5) is 9.50. The molecule has 2 atom stereocenters. The Balaban J connectivity index is 1.44. The SMILES string of the molecule is Cc1ccc(CN2CC3CCC2CN(Cc2cccnc2)C3)o1. The van der Waals surface area contributed by atoms with Crippen molar-refractivity contribution in [1.82, 2.24) is 14.8 Å². The topological polar surface area (TPSA) is 32.5 Å². The van der Waals surface area contributed by atoms with Crippen molar-refractivity contribution in [2.75, 3.05) is 19.6 Å². The molecule has 4 heteroatoms. The Morgan fingerprint density at radius 2 is 2.09 bits per heavy atom. The molecule has 2 aromatic rings. The van der Waals surface area contributed by atoms with Gasteiger partial charge in [-0.25, -0.2) is 0 Å². The third-order valence-corrected chi connectivity index (χ3v) is 5.19. The highest BCUT2D eigenvalue weighted by atomic mass is 16.3. The Kier molecular flexibility index (Phi) is 4.19. The van der Waals surface area contributed by atoms with Crippen LogP contribution in [0.2, 0.25) is 0 Å². The Bertz CT molecular complexity index is 639. The van der Waals surface area contributed by atoms with Crippen LogP contribution in [0.3, 0.4) is 0 Å². The molecular formula is C19H25N3O. The Hall–Kier alpha value is -1.65. The molecule has 4 nitrogen and oxygen atoms in total. The standard InChI is InChI=1S/C19H25N3O/c1-15-4-7-19(23-15)14-22-12-17-5-6-18(22)13-21(11-17)10-16-3-2-8-20-9-16/h2-4,7-9,17-18H,5-6,10-14H2,1H3. The average molecular weight is 311 g/mol. The van der Waals surface area contributed by atoms with E-state index >= 15 is 0 Å². The first-order chi connectivity index (χ1) is 11.3. The van der Waals surface area contributed by atoms with Gasteiger partial charge >= 0.3 is 0 Å². The lowest BCUT2D eigenvalue weighted by molar-refractivity contribution is 0.114. The molecule has 0 N–H and O–H groups in total. The summed E-state index contributed by atoms with van der Waals surface area (Å²) in [7, 11) is 0. The van der Waals surface area contributed by atoms with Crippen LogP contribution < -0.4 is 0 Å². The van der Waals surface area contributed by atoms with E-state index in [1.165, 1.54) is 31.5 Å². The van der Waals surface area contributed by atoms with E-state index in [0.717, 1.165) is 37.1 Å². The lowest BCUT2D eigenvalue weighted by atomic mass is 9.95. The normalized spacial score (nSPS) is 25.6. The van der Waals surface area contributed by atoms with Crippen molar-refractivity contribution < 1.29 is 4.42 Å². The molecule has 0 aliphatic carbocycles. The number of rotatable bonds is 4. The Morgan fingerprint density at radius 1 is 1.13 bits per heavy atom. The second-order valence-corrected chi connectivity index (χ2v) is 7.09. The van der Waals surface area contributed by atoms with Crippen LogP contribution in [0.4, 0.5) is 0 Å². The summed E-state index contributed by atoms with van der Waals surface area (Å²) in [5.74, 6) is 2.90. The van der Waals surface area contributed by atoms with Crippen LogP contribution >= 0.6 is 0 Å². The molecule has 122 valence electrons. The molecule has 2 aromatic heterocycles. The molecule has 3 saturated heterocycles. The van der Waals surface area contributed by atoms with Crippen molar-refractivity contribution >= 4 is 0 Å². The van der Waals surface area contributed by atoms with E-state index in [4.69, 9.17) is 4.42 Å². The molecule has 3 aliphatic rings. The lowest BCUT2D eigenvalue weighted by Gasteiger charge is -2.35.